The standard InChI is InChI=1S/C29H25ClN4O4/c1-19(29(37)32-25-14-12-24(13-15-25)31-20(2)35)38-27(36)16-11-22-18-34(26-9-4-3-5-10-26)33-28(22)21-7-6-8-23(30)17-21/h3-19H,1-2H3,(H,31,35)(H,32,37)/b16-11+/t19-/m0/s1. The van der Waals surface area contributed by atoms with Crippen molar-refractivity contribution in [3.8, 4) is 16.9 Å². The first-order valence-corrected chi connectivity index (χ1v) is 12.1. The fraction of sp³-hybridized carbons (Fsp3) is 0.103. The lowest BCUT2D eigenvalue weighted by atomic mass is 10.1. The third-order valence-electron chi connectivity index (χ3n) is 5.40. The monoisotopic (exact) mass is 528 g/mol. The Balaban J connectivity index is 1.45. The summed E-state index contributed by atoms with van der Waals surface area (Å²) in [5.41, 5.74) is 4.05. The summed E-state index contributed by atoms with van der Waals surface area (Å²) in [6.45, 7) is 2.89. The molecule has 0 fully saturated rings. The van der Waals surface area contributed by atoms with Gasteiger partial charge in [-0.05, 0) is 61.5 Å². The topological polar surface area (TPSA) is 102 Å². The van der Waals surface area contributed by atoms with Crippen LogP contribution in [0.15, 0.2) is 91.1 Å². The molecule has 1 heterocycles. The van der Waals surface area contributed by atoms with E-state index in [0.717, 1.165) is 11.3 Å². The molecule has 192 valence electrons. The number of rotatable bonds is 8. The van der Waals surface area contributed by atoms with Gasteiger partial charge in [-0.25, -0.2) is 9.48 Å². The normalized spacial score (nSPS) is 11.7. The van der Waals surface area contributed by atoms with Crippen LogP contribution in [0, 0.1) is 0 Å². The second-order valence-electron chi connectivity index (χ2n) is 8.38. The second kappa shape index (κ2) is 12.0. The number of nitrogens with one attached hydrogen (secondary N) is 2. The highest BCUT2D eigenvalue weighted by Crippen LogP contribution is 2.27. The number of aromatic nitrogens is 2. The average molecular weight is 529 g/mol. The molecule has 2 N–H and O–H groups in total. The molecule has 0 aliphatic heterocycles. The Morgan fingerprint density at radius 1 is 0.947 bits per heavy atom. The van der Waals surface area contributed by atoms with Crippen LogP contribution in [0.3, 0.4) is 0 Å². The molecule has 4 aromatic rings. The first-order valence-electron chi connectivity index (χ1n) is 11.8. The Morgan fingerprint density at radius 2 is 1.63 bits per heavy atom. The van der Waals surface area contributed by atoms with Crippen LogP contribution in [0.4, 0.5) is 11.4 Å². The van der Waals surface area contributed by atoms with Crippen LogP contribution >= 0.6 is 11.6 Å². The zero-order valence-corrected chi connectivity index (χ0v) is 21.5. The van der Waals surface area contributed by atoms with E-state index in [1.54, 1.807) is 53.4 Å². The quantitative estimate of drug-likeness (QED) is 0.224. The van der Waals surface area contributed by atoms with E-state index in [2.05, 4.69) is 10.6 Å². The smallest absolute Gasteiger partial charge is 0.331 e. The first-order chi connectivity index (χ1) is 18.3. The number of ether oxygens (including phenoxy) is 1. The Kier molecular flexibility index (Phi) is 8.35. The molecule has 0 unspecified atom stereocenters. The SMILES string of the molecule is CC(=O)Nc1ccc(NC(=O)[C@H](C)OC(=O)/C=C/c2cn(-c3ccccc3)nc2-c2cccc(Cl)c2)cc1. The maximum Gasteiger partial charge on any atom is 0.331 e. The molecule has 0 radical (unpaired) electrons. The summed E-state index contributed by atoms with van der Waals surface area (Å²) in [6.07, 6.45) is 3.61. The van der Waals surface area contributed by atoms with Gasteiger partial charge >= 0.3 is 5.97 Å². The number of amides is 2. The number of nitrogens with zero attached hydrogens (tertiary/aromatic N) is 2. The van der Waals surface area contributed by atoms with E-state index in [1.165, 1.54) is 19.9 Å². The third-order valence-corrected chi connectivity index (χ3v) is 5.63. The molecule has 8 nitrogen and oxygen atoms in total. The largest absolute Gasteiger partial charge is 0.449 e. The number of benzene rings is 3. The molecule has 3 aromatic carbocycles. The van der Waals surface area contributed by atoms with Gasteiger partial charge in [0.2, 0.25) is 5.91 Å². The molecular weight excluding hydrogens is 504 g/mol. The molecular formula is C29H25ClN4O4. The van der Waals surface area contributed by atoms with Crippen LogP contribution in [0.2, 0.25) is 5.02 Å². The molecule has 9 heteroatoms. The Bertz CT molecular complexity index is 1480. The van der Waals surface area contributed by atoms with E-state index >= 15 is 0 Å². The number of para-hydroxylation sites is 1. The van der Waals surface area contributed by atoms with Gasteiger partial charge in [0.05, 0.1) is 5.69 Å². The predicted octanol–water partition coefficient (Wildman–Crippen LogP) is 5.73. The summed E-state index contributed by atoms with van der Waals surface area (Å²) in [7, 11) is 0. The van der Waals surface area contributed by atoms with Crippen LogP contribution in [0.25, 0.3) is 23.0 Å². The van der Waals surface area contributed by atoms with E-state index in [-0.39, 0.29) is 5.91 Å². The number of hydrogen-bond donors (Lipinski definition) is 2. The van der Waals surface area contributed by atoms with Gasteiger partial charge in [0.25, 0.3) is 5.91 Å². The van der Waals surface area contributed by atoms with Gasteiger partial charge in [-0.15, -0.1) is 0 Å². The van der Waals surface area contributed by atoms with Crippen molar-refractivity contribution in [1.29, 1.82) is 0 Å². The van der Waals surface area contributed by atoms with Crippen molar-refractivity contribution in [3.63, 3.8) is 0 Å². The van der Waals surface area contributed by atoms with Gasteiger partial charge in [0, 0.05) is 46.7 Å². The summed E-state index contributed by atoms with van der Waals surface area (Å²) >= 11 is 6.19. The summed E-state index contributed by atoms with van der Waals surface area (Å²) < 4.78 is 7.01. The zero-order chi connectivity index (χ0) is 27.1. The van der Waals surface area contributed by atoms with Crippen LogP contribution in [0.1, 0.15) is 19.4 Å². The Hall–Kier alpha value is -4.69. The minimum atomic E-state index is -1.04. The molecule has 2 amide bonds. The van der Waals surface area contributed by atoms with Crippen molar-refractivity contribution < 1.29 is 19.1 Å². The number of esters is 1. The van der Waals surface area contributed by atoms with Crippen molar-refractivity contribution in [2.45, 2.75) is 20.0 Å². The van der Waals surface area contributed by atoms with Gasteiger partial charge in [0.15, 0.2) is 6.10 Å². The molecule has 1 aromatic heterocycles. The molecule has 38 heavy (non-hydrogen) atoms. The molecule has 4 rings (SSSR count). The van der Waals surface area contributed by atoms with Gasteiger partial charge in [-0.2, -0.15) is 5.10 Å². The van der Waals surface area contributed by atoms with E-state index in [9.17, 15) is 14.4 Å². The number of halogens is 1. The number of carbonyl (C=O) groups excluding carboxylic acids is 3. The number of carbonyl (C=O) groups is 3. The number of hydrogen-bond acceptors (Lipinski definition) is 5. The number of anilines is 2. The third kappa shape index (κ3) is 6.96. The molecule has 0 saturated carbocycles. The molecule has 0 saturated heterocycles. The summed E-state index contributed by atoms with van der Waals surface area (Å²) in [5, 5.41) is 10.6. The van der Waals surface area contributed by atoms with Crippen molar-refractivity contribution in [2.75, 3.05) is 10.6 Å². The van der Waals surface area contributed by atoms with Gasteiger partial charge in [-0.1, -0.05) is 41.9 Å². The molecule has 0 aliphatic rings. The van der Waals surface area contributed by atoms with Crippen LogP contribution < -0.4 is 10.6 Å². The molecule has 0 spiro atoms. The van der Waals surface area contributed by atoms with E-state index in [1.807, 2.05) is 42.5 Å². The summed E-state index contributed by atoms with van der Waals surface area (Å²) in [5.74, 6) is -1.36. The Labute approximate surface area is 224 Å². The van der Waals surface area contributed by atoms with Crippen molar-refractivity contribution in [2.24, 2.45) is 0 Å². The maximum atomic E-state index is 12.5. The van der Waals surface area contributed by atoms with E-state index in [0.29, 0.717) is 27.7 Å². The fourth-order valence-corrected chi connectivity index (χ4v) is 3.78. The van der Waals surface area contributed by atoms with Gasteiger partial charge in [-0.3, -0.25) is 9.59 Å². The van der Waals surface area contributed by atoms with Crippen molar-refractivity contribution in [3.05, 3.63) is 102 Å². The minimum absolute atomic E-state index is 0.192. The van der Waals surface area contributed by atoms with Crippen LogP contribution in [-0.4, -0.2) is 33.7 Å². The van der Waals surface area contributed by atoms with Gasteiger partial charge in [0.1, 0.15) is 5.69 Å². The molecule has 0 aliphatic carbocycles. The van der Waals surface area contributed by atoms with Crippen LogP contribution in [-0.2, 0) is 19.1 Å². The first kappa shape index (κ1) is 26.4. The van der Waals surface area contributed by atoms with E-state index < -0.39 is 18.0 Å². The highest BCUT2D eigenvalue weighted by molar-refractivity contribution is 6.30. The second-order valence-corrected chi connectivity index (χ2v) is 8.82. The maximum absolute atomic E-state index is 12.5. The van der Waals surface area contributed by atoms with Crippen molar-refractivity contribution >= 4 is 46.8 Å². The highest BCUT2D eigenvalue weighted by Gasteiger charge is 2.17. The van der Waals surface area contributed by atoms with E-state index in [4.69, 9.17) is 21.4 Å². The lowest BCUT2D eigenvalue weighted by molar-refractivity contribution is -0.148. The molecule has 0 bridgehead atoms. The summed E-state index contributed by atoms with van der Waals surface area (Å²) in [6, 6.07) is 23.4. The molecule has 1 atom stereocenters. The van der Waals surface area contributed by atoms with Crippen LogP contribution in [0.5, 0.6) is 0 Å². The predicted molar refractivity (Wildman–Crippen MR) is 148 cm³/mol. The zero-order valence-electron chi connectivity index (χ0n) is 20.7. The van der Waals surface area contributed by atoms with Crippen molar-refractivity contribution in [1.82, 2.24) is 9.78 Å². The average Bonchev–Trinajstić information content (AvgIpc) is 3.33. The minimum Gasteiger partial charge on any atom is -0.449 e. The summed E-state index contributed by atoms with van der Waals surface area (Å²) in [4.78, 5) is 36.2. The van der Waals surface area contributed by atoms with Gasteiger partial charge < -0.3 is 15.4 Å². The fourth-order valence-electron chi connectivity index (χ4n) is 3.59. The lowest BCUT2D eigenvalue weighted by Crippen LogP contribution is -2.29. The Morgan fingerprint density at radius 3 is 2.29 bits per heavy atom. The highest BCUT2D eigenvalue weighted by atomic mass is 35.5. The lowest BCUT2D eigenvalue weighted by Gasteiger charge is -2.12.